The first-order valence-electron chi connectivity index (χ1n) is 7.00. The fourth-order valence-electron chi connectivity index (χ4n) is 2.54. The fraction of sp³-hybridized carbons (Fsp3) is 0.929. The molecule has 1 aliphatic rings. The molecule has 0 aromatic heterocycles. The van der Waals surface area contributed by atoms with Crippen LogP contribution in [-0.2, 0) is 4.79 Å². The molecule has 0 saturated heterocycles. The summed E-state index contributed by atoms with van der Waals surface area (Å²) in [4.78, 5) is 11.8. The first-order chi connectivity index (χ1) is 8.02. The predicted molar refractivity (Wildman–Crippen MR) is 71.9 cm³/mol. The molecule has 1 aliphatic carbocycles. The van der Waals surface area contributed by atoms with Gasteiger partial charge in [-0.05, 0) is 31.6 Å². The van der Waals surface area contributed by atoms with Crippen LogP contribution in [0.3, 0.4) is 0 Å². The van der Waals surface area contributed by atoms with Gasteiger partial charge in [0.15, 0.2) is 0 Å². The number of likely N-dealkylation sites (N-methyl/N-ethyl adjacent to an activating group) is 1. The third-order valence-electron chi connectivity index (χ3n) is 3.67. The fourth-order valence-corrected chi connectivity index (χ4v) is 2.54. The highest BCUT2D eigenvalue weighted by atomic mass is 16.2. The quantitative estimate of drug-likeness (QED) is 0.717. The Hall–Kier alpha value is -0.570. The van der Waals surface area contributed by atoms with E-state index in [1.807, 2.05) is 0 Å². The molecule has 0 heterocycles. The van der Waals surface area contributed by atoms with Crippen molar-refractivity contribution in [2.24, 2.45) is 11.8 Å². The van der Waals surface area contributed by atoms with Crippen molar-refractivity contribution in [3.05, 3.63) is 0 Å². The Balaban J connectivity index is 2.37. The highest BCUT2D eigenvalue weighted by Crippen LogP contribution is 2.30. The summed E-state index contributed by atoms with van der Waals surface area (Å²) >= 11 is 0. The number of hydrogen-bond donors (Lipinski definition) is 2. The van der Waals surface area contributed by atoms with Gasteiger partial charge in [-0.2, -0.15) is 0 Å². The summed E-state index contributed by atoms with van der Waals surface area (Å²) in [6.07, 6.45) is 6.27. The van der Waals surface area contributed by atoms with Crippen LogP contribution in [0.15, 0.2) is 0 Å². The van der Waals surface area contributed by atoms with Crippen molar-refractivity contribution in [2.45, 2.75) is 65.0 Å². The normalized spacial score (nSPS) is 19.8. The molecule has 0 aliphatic heterocycles. The van der Waals surface area contributed by atoms with Gasteiger partial charge in [-0.1, -0.05) is 33.1 Å². The molecule has 0 bridgehead atoms. The van der Waals surface area contributed by atoms with Gasteiger partial charge < -0.3 is 10.6 Å². The third-order valence-corrected chi connectivity index (χ3v) is 3.67. The molecule has 1 saturated carbocycles. The van der Waals surface area contributed by atoms with Crippen molar-refractivity contribution in [1.29, 1.82) is 0 Å². The third kappa shape index (κ3) is 5.07. The van der Waals surface area contributed by atoms with Crippen LogP contribution >= 0.6 is 0 Å². The highest BCUT2D eigenvalue weighted by molar-refractivity contribution is 5.81. The zero-order valence-electron chi connectivity index (χ0n) is 11.8. The number of rotatable bonds is 7. The van der Waals surface area contributed by atoms with Crippen molar-refractivity contribution in [3.63, 3.8) is 0 Å². The Labute approximate surface area is 106 Å². The Morgan fingerprint density at radius 3 is 2.35 bits per heavy atom. The average Bonchev–Trinajstić information content (AvgIpc) is 2.21. The molecule has 17 heavy (non-hydrogen) atoms. The second kappa shape index (κ2) is 7.00. The van der Waals surface area contributed by atoms with E-state index in [9.17, 15) is 4.79 Å². The van der Waals surface area contributed by atoms with Crippen molar-refractivity contribution in [2.75, 3.05) is 7.05 Å². The molecule has 2 atom stereocenters. The van der Waals surface area contributed by atoms with Gasteiger partial charge >= 0.3 is 0 Å². The number of carbonyl (C=O) groups is 1. The van der Waals surface area contributed by atoms with E-state index < -0.39 is 0 Å². The van der Waals surface area contributed by atoms with Crippen LogP contribution in [0.4, 0.5) is 0 Å². The second-order valence-corrected chi connectivity index (χ2v) is 5.90. The summed E-state index contributed by atoms with van der Waals surface area (Å²) < 4.78 is 0. The number of nitrogens with one attached hydrogen (secondary N) is 2. The maximum atomic E-state index is 11.8. The van der Waals surface area contributed by atoms with E-state index in [0.717, 1.165) is 12.3 Å². The van der Waals surface area contributed by atoms with Gasteiger partial charge in [0, 0.05) is 13.1 Å². The summed E-state index contributed by atoms with van der Waals surface area (Å²) in [5.74, 6) is 1.56. The molecule has 3 nitrogen and oxygen atoms in total. The minimum absolute atomic E-state index is 0.0323. The molecule has 0 spiro atoms. The van der Waals surface area contributed by atoms with Crippen LogP contribution in [-0.4, -0.2) is 25.0 Å². The molecule has 1 fully saturated rings. The molecule has 0 aromatic carbocycles. The first kappa shape index (κ1) is 14.5. The van der Waals surface area contributed by atoms with E-state index in [1.165, 1.54) is 25.7 Å². The molecule has 100 valence electrons. The van der Waals surface area contributed by atoms with Crippen molar-refractivity contribution in [1.82, 2.24) is 10.6 Å². The Bertz CT molecular complexity index is 236. The van der Waals surface area contributed by atoms with Crippen molar-refractivity contribution in [3.8, 4) is 0 Å². The monoisotopic (exact) mass is 240 g/mol. The SMILES string of the molecule is CNC(=O)C(CC(C)C)NC(C)CC1CCC1. The Morgan fingerprint density at radius 1 is 1.29 bits per heavy atom. The zero-order valence-corrected chi connectivity index (χ0v) is 11.8. The molecule has 2 N–H and O–H groups in total. The van der Waals surface area contributed by atoms with Crippen molar-refractivity contribution < 1.29 is 4.79 Å². The zero-order chi connectivity index (χ0) is 12.8. The van der Waals surface area contributed by atoms with E-state index in [2.05, 4.69) is 31.4 Å². The number of carbonyl (C=O) groups excluding carboxylic acids is 1. The first-order valence-corrected chi connectivity index (χ1v) is 7.00. The van der Waals surface area contributed by atoms with Crippen LogP contribution < -0.4 is 10.6 Å². The molecular formula is C14H28N2O. The summed E-state index contributed by atoms with van der Waals surface area (Å²) in [7, 11) is 1.72. The van der Waals surface area contributed by atoms with E-state index in [1.54, 1.807) is 7.05 Å². The molecule has 3 heteroatoms. The summed E-state index contributed by atoms with van der Waals surface area (Å²) in [5, 5.41) is 6.24. The maximum Gasteiger partial charge on any atom is 0.236 e. The average molecular weight is 240 g/mol. The van der Waals surface area contributed by atoms with Gasteiger partial charge in [0.05, 0.1) is 6.04 Å². The van der Waals surface area contributed by atoms with Crippen LogP contribution in [0.25, 0.3) is 0 Å². The van der Waals surface area contributed by atoms with Crippen LogP contribution in [0.2, 0.25) is 0 Å². The number of amides is 1. The molecule has 0 aromatic rings. The predicted octanol–water partition coefficient (Wildman–Crippen LogP) is 2.32. The second-order valence-electron chi connectivity index (χ2n) is 5.90. The molecule has 1 amide bonds. The Morgan fingerprint density at radius 2 is 1.94 bits per heavy atom. The van der Waals surface area contributed by atoms with Gasteiger partial charge in [-0.15, -0.1) is 0 Å². The van der Waals surface area contributed by atoms with Gasteiger partial charge in [-0.25, -0.2) is 0 Å². The lowest BCUT2D eigenvalue weighted by Gasteiger charge is -2.30. The lowest BCUT2D eigenvalue weighted by molar-refractivity contribution is -0.123. The molecule has 1 rings (SSSR count). The Kier molecular flexibility index (Phi) is 5.96. The van der Waals surface area contributed by atoms with Gasteiger partial charge in [0.25, 0.3) is 0 Å². The molecular weight excluding hydrogens is 212 g/mol. The van der Waals surface area contributed by atoms with E-state index in [0.29, 0.717) is 12.0 Å². The molecule has 0 radical (unpaired) electrons. The minimum atomic E-state index is -0.0323. The van der Waals surface area contributed by atoms with Crippen LogP contribution in [0.5, 0.6) is 0 Å². The lowest BCUT2D eigenvalue weighted by Crippen LogP contribution is -2.48. The smallest absolute Gasteiger partial charge is 0.236 e. The largest absolute Gasteiger partial charge is 0.358 e. The van der Waals surface area contributed by atoms with Crippen molar-refractivity contribution >= 4 is 5.91 Å². The maximum absolute atomic E-state index is 11.8. The standard InChI is InChI=1S/C14H28N2O/c1-10(2)8-13(14(17)15-4)16-11(3)9-12-6-5-7-12/h10-13,16H,5-9H2,1-4H3,(H,15,17). The van der Waals surface area contributed by atoms with Crippen LogP contribution in [0.1, 0.15) is 52.9 Å². The minimum Gasteiger partial charge on any atom is -0.358 e. The lowest BCUT2D eigenvalue weighted by atomic mass is 9.81. The van der Waals surface area contributed by atoms with Crippen LogP contribution in [0, 0.1) is 11.8 Å². The number of hydrogen-bond acceptors (Lipinski definition) is 2. The summed E-state index contributed by atoms with van der Waals surface area (Å²) in [6.45, 7) is 6.52. The summed E-state index contributed by atoms with van der Waals surface area (Å²) in [6, 6.07) is 0.413. The summed E-state index contributed by atoms with van der Waals surface area (Å²) in [5.41, 5.74) is 0. The van der Waals surface area contributed by atoms with Gasteiger partial charge in [0.1, 0.15) is 0 Å². The highest BCUT2D eigenvalue weighted by Gasteiger charge is 2.24. The van der Waals surface area contributed by atoms with E-state index in [-0.39, 0.29) is 11.9 Å². The van der Waals surface area contributed by atoms with E-state index in [4.69, 9.17) is 0 Å². The van der Waals surface area contributed by atoms with Gasteiger partial charge in [0.2, 0.25) is 5.91 Å². The van der Waals surface area contributed by atoms with Gasteiger partial charge in [-0.3, -0.25) is 4.79 Å². The topological polar surface area (TPSA) is 41.1 Å². The van der Waals surface area contributed by atoms with E-state index >= 15 is 0 Å². The molecule has 2 unspecified atom stereocenters.